The minimum Gasteiger partial charge on any atom is -0.370 e. The second kappa shape index (κ2) is 9.87. The van der Waals surface area contributed by atoms with Gasteiger partial charge in [-0.2, -0.15) is 0 Å². The lowest BCUT2D eigenvalue weighted by Gasteiger charge is -2.21. The summed E-state index contributed by atoms with van der Waals surface area (Å²) in [5.41, 5.74) is 6.17. The van der Waals surface area contributed by atoms with Gasteiger partial charge in [-0.25, -0.2) is 0 Å². The molecule has 4 nitrogen and oxygen atoms in total. The van der Waals surface area contributed by atoms with Gasteiger partial charge in [0.05, 0.1) is 0 Å². The number of hydrogen-bond acceptors (Lipinski definition) is 2. The van der Waals surface area contributed by atoms with Crippen molar-refractivity contribution in [1.82, 2.24) is 9.80 Å². The van der Waals surface area contributed by atoms with Crippen molar-refractivity contribution >= 4 is 29.9 Å². The summed E-state index contributed by atoms with van der Waals surface area (Å²) in [6.45, 7) is 11.4. The van der Waals surface area contributed by atoms with Crippen LogP contribution in [0.15, 0.2) is 4.99 Å². The predicted octanol–water partition coefficient (Wildman–Crippen LogP) is 2.77. The third-order valence-electron chi connectivity index (χ3n) is 4.43. The molecule has 0 spiro atoms. The van der Waals surface area contributed by atoms with Crippen molar-refractivity contribution in [3.63, 3.8) is 0 Å². The molecule has 2 rings (SSSR count). The molecule has 21 heavy (non-hydrogen) atoms. The zero-order valence-corrected chi connectivity index (χ0v) is 16.1. The monoisotopic (exact) mass is 408 g/mol. The molecule has 2 heterocycles. The van der Waals surface area contributed by atoms with Crippen LogP contribution in [-0.2, 0) is 0 Å². The molecular weight excluding hydrogens is 375 g/mol. The summed E-state index contributed by atoms with van der Waals surface area (Å²) < 4.78 is 0. The van der Waals surface area contributed by atoms with Crippen LogP contribution in [-0.4, -0.2) is 55.0 Å². The molecular formula is C16H33IN4. The lowest BCUT2D eigenvalue weighted by atomic mass is 10.1. The molecule has 0 radical (unpaired) electrons. The van der Waals surface area contributed by atoms with Gasteiger partial charge in [0.25, 0.3) is 0 Å². The minimum absolute atomic E-state index is 0. The first kappa shape index (κ1) is 19.0. The van der Waals surface area contributed by atoms with Crippen LogP contribution >= 0.6 is 24.0 Å². The minimum atomic E-state index is 0. The summed E-state index contributed by atoms with van der Waals surface area (Å²) >= 11 is 0. The molecule has 5 heteroatoms. The van der Waals surface area contributed by atoms with Crippen LogP contribution in [0, 0.1) is 11.8 Å². The van der Waals surface area contributed by atoms with E-state index in [9.17, 15) is 0 Å². The van der Waals surface area contributed by atoms with E-state index in [-0.39, 0.29) is 24.0 Å². The molecule has 0 saturated carbocycles. The summed E-state index contributed by atoms with van der Waals surface area (Å²) in [7, 11) is 0. The van der Waals surface area contributed by atoms with Crippen LogP contribution < -0.4 is 5.73 Å². The lowest BCUT2D eigenvalue weighted by Crippen LogP contribution is -2.38. The predicted molar refractivity (Wildman–Crippen MR) is 101 cm³/mol. The maximum atomic E-state index is 6.17. The fourth-order valence-electron chi connectivity index (χ4n) is 3.37. The van der Waals surface area contributed by atoms with Crippen LogP contribution in [0.4, 0.5) is 0 Å². The van der Waals surface area contributed by atoms with Gasteiger partial charge in [0.2, 0.25) is 0 Å². The van der Waals surface area contributed by atoms with Crippen molar-refractivity contribution in [3.8, 4) is 0 Å². The van der Waals surface area contributed by atoms with E-state index < -0.39 is 0 Å². The van der Waals surface area contributed by atoms with E-state index in [2.05, 4.69) is 28.6 Å². The van der Waals surface area contributed by atoms with E-state index in [0.717, 1.165) is 31.5 Å². The van der Waals surface area contributed by atoms with E-state index in [1.54, 1.807) is 0 Å². The number of aliphatic imine (C=N–C) groups is 1. The molecule has 0 bridgehead atoms. The Bertz CT molecular complexity index is 311. The van der Waals surface area contributed by atoms with Gasteiger partial charge in [-0.05, 0) is 37.6 Å². The molecule has 0 aromatic rings. The molecule has 0 amide bonds. The van der Waals surface area contributed by atoms with Crippen LogP contribution in [0.3, 0.4) is 0 Å². The van der Waals surface area contributed by atoms with Gasteiger partial charge >= 0.3 is 0 Å². The number of nitrogens with zero attached hydrogens (tertiary/aromatic N) is 3. The Labute approximate surface area is 147 Å². The highest BCUT2D eigenvalue weighted by atomic mass is 127. The fraction of sp³-hybridized carbons (Fsp3) is 0.938. The zero-order valence-electron chi connectivity index (χ0n) is 13.8. The van der Waals surface area contributed by atoms with Gasteiger partial charge in [-0.3, -0.25) is 4.99 Å². The highest BCUT2D eigenvalue weighted by molar-refractivity contribution is 14.0. The molecule has 2 aliphatic rings. The Kier molecular flexibility index (Phi) is 8.94. The fourth-order valence-corrected chi connectivity index (χ4v) is 3.37. The second-order valence-corrected chi connectivity index (χ2v) is 6.91. The Hall–Kier alpha value is -0.0400. The third kappa shape index (κ3) is 6.72. The highest BCUT2D eigenvalue weighted by Gasteiger charge is 2.22. The van der Waals surface area contributed by atoms with Crippen molar-refractivity contribution in [1.29, 1.82) is 0 Å². The quantitative estimate of drug-likeness (QED) is 0.442. The van der Waals surface area contributed by atoms with Gasteiger partial charge < -0.3 is 15.5 Å². The summed E-state index contributed by atoms with van der Waals surface area (Å²) in [6.07, 6.45) is 6.50. The number of guanidine groups is 1. The molecule has 1 atom stereocenters. The first-order valence-electron chi connectivity index (χ1n) is 8.42. The van der Waals surface area contributed by atoms with Crippen molar-refractivity contribution in [2.24, 2.45) is 22.6 Å². The first-order chi connectivity index (χ1) is 9.65. The van der Waals surface area contributed by atoms with Gasteiger partial charge in [-0.1, -0.05) is 26.7 Å². The normalized spacial score (nSPS) is 25.0. The maximum Gasteiger partial charge on any atom is 0.191 e. The van der Waals surface area contributed by atoms with Gasteiger partial charge in [-0.15, -0.1) is 24.0 Å². The smallest absolute Gasteiger partial charge is 0.191 e. The summed E-state index contributed by atoms with van der Waals surface area (Å²) in [6, 6.07) is 0. The van der Waals surface area contributed by atoms with E-state index in [1.807, 2.05) is 0 Å². The topological polar surface area (TPSA) is 44.9 Å². The number of likely N-dealkylation sites (tertiary alicyclic amines) is 2. The average molecular weight is 408 g/mol. The average Bonchev–Trinajstić information content (AvgIpc) is 2.67. The molecule has 2 saturated heterocycles. The van der Waals surface area contributed by atoms with Crippen molar-refractivity contribution in [2.75, 3.05) is 39.3 Å². The lowest BCUT2D eigenvalue weighted by molar-refractivity contribution is 0.288. The molecule has 2 N–H and O–H groups in total. The van der Waals surface area contributed by atoms with E-state index in [0.29, 0.717) is 5.92 Å². The van der Waals surface area contributed by atoms with Gasteiger partial charge in [0, 0.05) is 32.7 Å². The largest absolute Gasteiger partial charge is 0.370 e. The Morgan fingerprint density at radius 2 is 1.81 bits per heavy atom. The molecule has 2 fully saturated rings. The second-order valence-electron chi connectivity index (χ2n) is 6.91. The molecule has 2 aliphatic heterocycles. The Morgan fingerprint density at radius 3 is 2.43 bits per heavy atom. The number of hydrogen-bond donors (Lipinski definition) is 1. The Morgan fingerprint density at radius 1 is 1.14 bits per heavy atom. The number of halogens is 1. The first-order valence-corrected chi connectivity index (χ1v) is 8.42. The van der Waals surface area contributed by atoms with Crippen LogP contribution in [0.25, 0.3) is 0 Å². The van der Waals surface area contributed by atoms with Crippen LogP contribution in [0.1, 0.15) is 46.0 Å². The van der Waals surface area contributed by atoms with Crippen molar-refractivity contribution in [2.45, 2.75) is 46.0 Å². The molecule has 124 valence electrons. The van der Waals surface area contributed by atoms with Crippen molar-refractivity contribution < 1.29 is 0 Å². The van der Waals surface area contributed by atoms with Crippen molar-refractivity contribution in [3.05, 3.63) is 0 Å². The molecule has 0 aromatic carbocycles. The Balaban J connectivity index is 0.00000220. The molecule has 0 aliphatic carbocycles. The van der Waals surface area contributed by atoms with E-state index >= 15 is 0 Å². The number of nitrogens with two attached hydrogens (primary N) is 1. The van der Waals surface area contributed by atoms with Crippen LogP contribution in [0.2, 0.25) is 0 Å². The van der Waals surface area contributed by atoms with Gasteiger partial charge in [0.1, 0.15) is 0 Å². The summed E-state index contributed by atoms with van der Waals surface area (Å²) in [5, 5.41) is 0. The molecule has 1 unspecified atom stereocenters. The summed E-state index contributed by atoms with van der Waals surface area (Å²) in [5.74, 6) is 2.26. The highest BCUT2D eigenvalue weighted by Crippen LogP contribution is 2.18. The number of rotatable bonds is 4. The third-order valence-corrected chi connectivity index (χ3v) is 4.43. The summed E-state index contributed by atoms with van der Waals surface area (Å²) in [4.78, 5) is 9.54. The molecule has 0 aromatic heterocycles. The standard InChI is InChI=1S/C16H32N4.HI/c1-14(2)12-19-10-7-15(13-19)11-18-16(17)20-8-5-3-4-6-9-20;/h14-15H,3-13H2,1-2H3,(H2,17,18);1H. The van der Waals surface area contributed by atoms with Gasteiger partial charge in [0.15, 0.2) is 5.96 Å². The van der Waals surface area contributed by atoms with Crippen LogP contribution in [0.5, 0.6) is 0 Å². The maximum absolute atomic E-state index is 6.17. The van der Waals surface area contributed by atoms with E-state index in [1.165, 1.54) is 51.7 Å². The zero-order chi connectivity index (χ0) is 14.4. The SMILES string of the molecule is CC(C)CN1CCC(CN=C(N)N2CCCCCC2)C1.I. The van der Waals surface area contributed by atoms with E-state index in [4.69, 9.17) is 5.73 Å².